The molecule has 6 nitrogen and oxygen atoms in total. The molecule has 66 heavy (non-hydrogen) atoms. The minimum Gasteiger partial charge on any atom is -0.462 e. The highest BCUT2D eigenvalue weighted by Gasteiger charge is 2.19. The molecule has 0 amide bonds. The van der Waals surface area contributed by atoms with Crippen LogP contribution in [0.15, 0.2) is 109 Å². The molecule has 0 heterocycles. The summed E-state index contributed by atoms with van der Waals surface area (Å²) in [7, 11) is 0. The number of esters is 3. The summed E-state index contributed by atoms with van der Waals surface area (Å²) < 4.78 is 16.7. The molecule has 0 aromatic carbocycles. The third-order valence-electron chi connectivity index (χ3n) is 11.0. The number of rotatable bonds is 47. The number of ether oxygens (including phenoxy) is 3. The second-order valence-corrected chi connectivity index (χ2v) is 17.4. The van der Waals surface area contributed by atoms with Crippen LogP contribution in [0.4, 0.5) is 0 Å². The topological polar surface area (TPSA) is 78.9 Å². The fourth-order valence-corrected chi connectivity index (χ4v) is 6.98. The van der Waals surface area contributed by atoms with Crippen molar-refractivity contribution in [3.63, 3.8) is 0 Å². The highest BCUT2D eigenvalue weighted by atomic mass is 16.6. The lowest BCUT2D eigenvalue weighted by Gasteiger charge is -2.18. The smallest absolute Gasteiger partial charge is 0.306 e. The minimum atomic E-state index is -0.798. The summed E-state index contributed by atoms with van der Waals surface area (Å²) in [6, 6.07) is 0. The van der Waals surface area contributed by atoms with Crippen LogP contribution >= 0.6 is 0 Å². The quantitative estimate of drug-likeness (QED) is 0.0262. The first-order valence-electron chi connectivity index (χ1n) is 26.9. The number of unbranched alkanes of at least 4 members (excludes halogenated alkanes) is 18. The van der Waals surface area contributed by atoms with Crippen molar-refractivity contribution in [2.75, 3.05) is 13.2 Å². The zero-order valence-electron chi connectivity index (χ0n) is 42.7. The normalized spacial score (nSPS) is 13.0. The molecule has 0 rings (SSSR count). The molecule has 0 fully saturated rings. The van der Waals surface area contributed by atoms with Crippen LogP contribution in [0.3, 0.4) is 0 Å². The van der Waals surface area contributed by atoms with Crippen LogP contribution in [0.1, 0.15) is 233 Å². The Balaban J connectivity index is 4.29. The Kier molecular flexibility index (Phi) is 50.5. The maximum Gasteiger partial charge on any atom is 0.306 e. The van der Waals surface area contributed by atoms with Gasteiger partial charge < -0.3 is 14.2 Å². The van der Waals surface area contributed by atoms with E-state index in [0.717, 1.165) is 122 Å². The highest BCUT2D eigenvalue weighted by molar-refractivity contribution is 5.71. The van der Waals surface area contributed by atoms with Gasteiger partial charge in [-0.05, 0) is 109 Å². The fourth-order valence-electron chi connectivity index (χ4n) is 6.98. The van der Waals surface area contributed by atoms with Gasteiger partial charge in [-0.1, -0.05) is 214 Å². The molecule has 0 bridgehead atoms. The average Bonchev–Trinajstić information content (AvgIpc) is 3.31. The summed E-state index contributed by atoms with van der Waals surface area (Å²) in [4.78, 5) is 37.8. The van der Waals surface area contributed by atoms with Gasteiger partial charge in [0.25, 0.3) is 0 Å². The van der Waals surface area contributed by atoms with Crippen LogP contribution < -0.4 is 0 Å². The molecule has 0 aromatic rings. The van der Waals surface area contributed by atoms with Crippen LogP contribution in [-0.2, 0) is 28.6 Å². The third-order valence-corrected chi connectivity index (χ3v) is 11.0. The molecule has 0 N–H and O–H groups in total. The van der Waals surface area contributed by atoms with Crippen molar-refractivity contribution in [3.05, 3.63) is 109 Å². The van der Waals surface area contributed by atoms with Gasteiger partial charge in [0, 0.05) is 19.3 Å². The fraction of sp³-hybridized carbons (Fsp3) is 0.650. The van der Waals surface area contributed by atoms with Crippen molar-refractivity contribution in [2.45, 2.75) is 239 Å². The first kappa shape index (κ1) is 62.1. The maximum absolute atomic E-state index is 12.7. The third kappa shape index (κ3) is 51.1. The molecule has 0 aliphatic carbocycles. The molecule has 0 radical (unpaired) electrons. The van der Waals surface area contributed by atoms with Crippen molar-refractivity contribution in [1.82, 2.24) is 0 Å². The second kappa shape index (κ2) is 53.7. The first-order valence-corrected chi connectivity index (χ1v) is 26.9. The molecule has 0 saturated heterocycles. The molecular formula is C60H98O6. The average molecular weight is 915 g/mol. The molecule has 0 spiro atoms. The number of allylic oxidation sites excluding steroid dienone is 18. The predicted octanol–water partition coefficient (Wildman–Crippen LogP) is 17.9. The van der Waals surface area contributed by atoms with Crippen LogP contribution in [-0.4, -0.2) is 37.2 Å². The second-order valence-electron chi connectivity index (χ2n) is 17.4. The largest absolute Gasteiger partial charge is 0.462 e. The summed E-state index contributed by atoms with van der Waals surface area (Å²) in [5, 5.41) is 0. The Bertz CT molecular complexity index is 1370. The summed E-state index contributed by atoms with van der Waals surface area (Å²) in [5.74, 6) is -0.965. The maximum atomic E-state index is 12.7. The van der Waals surface area contributed by atoms with Gasteiger partial charge in [0.05, 0.1) is 0 Å². The van der Waals surface area contributed by atoms with Gasteiger partial charge in [-0.15, -0.1) is 0 Å². The summed E-state index contributed by atoms with van der Waals surface area (Å²) in [6.07, 6.45) is 72.5. The van der Waals surface area contributed by atoms with Gasteiger partial charge >= 0.3 is 17.9 Å². The molecule has 1 atom stereocenters. The van der Waals surface area contributed by atoms with Gasteiger partial charge in [-0.3, -0.25) is 14.4 Å². The number of carbonyl (C=O) groups excluding carboxylic acids is 3. The van der Waals surface area contributed by atoms with E-state index >= 15 is 0 Å². The summed E-state index contributed by atoms with van der Waals surface area (Å²) in [6.45, 7) is 6.40. The van der Waals surface area contributed by atoms with E-state index in [1.807, 2.05) is 0 Å². The standard InChI is InChI=1S/C60H98O6/c1-4-7-10-13-16-18-20-22-24-25-26-27-28-29-30-31-32-33-34-35-37-38-40-42-44-47-50-53-59(62)65-56-57(55-64-58(61)52-49-46-15-12-9-6-3)66-60(63)54-51-48-45-43-41-39-36-23-21-19-17-14-11-8-5-2/h7,10,16,18,22-24,26-27,29-30,32-33,35-37,40,42,57H,4-6,8-9,11-15,17,19-21,25,28,31,34,38-39,41,43-56H2,1-3H3/b10-7-,18-16-,24-22-,27-26-,30-29-,33-32-,36-23-,37-35-,42-40-. The molecule has 0 aliphatic heterocycles. The SMILES string of the molecule is CC/C=C\C/C=C\C/C=C\C/C=C\C/C=C\C/C=C\C/C=C\C/C=C\CCCCC(=O)OCC(COC(=O)CCCCCCCC)OC(=O)CCCCCCC/C=C\CCCCCCCC. The molecule has 0 aromatic heterocycles. The van der Waals surface area contributed by atoms with Gasteiger partial charge in [0.15, 0.2) is 6.10 Å². The highest BCUT2D eigenvalue weighted by Crippen LogP contribution is 2.13. The Morgan fingerprint density at radius 3 is 0.970 bits per heavy atom. The molecule has 374 valence electrons. The Morgan fingerprint density at radius 1 is 0.318 bits per heavy atom. The summed E-state index contributed by atoms with van der Waals surface area (Å²) in [5.41, 5.74) is 0. The van der Waals surface area contributed by atoms with Crippen molar-refractivity contribution >= 4 is 17.9 Å². The number of hydrogen-bond donors (Lipinski definition) is 0. The van der Waals surface area contributed by atoms with Crippen LogP contribution in [0.5, 0.6) is 0 Å². The Hall–Kier alpha value is -3.93. The van der Waals surface area contributed by atoms with E-state index in [-0.39, 0.29) is 31.1 Å². The van der Waals surface area contributed by atoms with E-state index in [1.165, 1.54) is 70.6 Å². The molecule has 0 saturated carbocycles. The zero-order valence-corrected chi connectivity index (χ0v) is 42.7. The van der Waals surface area contributed by atoms with Gasteiger partial charge in [0.2, 0.25) is 0 Å². The van der Waals surface area contributed by atoms with E-state index < -0.39 is 6.10 Å². The number of carbonyl (C=O) groups is 3. The predicted molar refractivity (Wildman–Crippen MR) is 283 cm³/mol. The monoisotopic (exact) mass is 915 g/mol. The van der Waals surface area contributed by atoms with Crippen LogP contribution in [0.25, 0.3) is 0 Å². The van der Waals surface area contributed by atoms with Crippen molar-refractivity contribution in [3.8, 4) is 0 Å². The first-order chi connectivity index (χ1) is 32.5. The van der Waals surface area contributed by atoms with Gasteiger partial charge in [-0.2, -0.15) is 0 Å². The molecule has 6 heteroatoms. The van der Waals surface area contributed by atoms with Crippen molar-refractivity contribution in [1.29, 1.82) is 0 Å². The summed E-state index contributed by atoms with van der Waals surface area (Å²) >= 11 is 0. The van der Waals surface area contributed by atoms with Crippen molar-refractivity contribution < 1.29 is 28.6 Å². The molecule has 1 unspecified atom stereocenters. The van der Waals surface area contributed by atoms with E-state index in [1.54, 1.807) is 0 Å². The van der Waals surface area contributed by atoms with Crippen LogP contribution in [0, 0.1) is 0 Å². The van der Waals surface area contributed by atoms with Crippen molar-refractivity contribution in [2.24, 2.45) is 0 Å². The van der Waals surface area contributed by atoms with E-state index in [9.17, 15) is 14.4 Å². The van der Waals surface area contributed by atoms with Gasteiger partial charge in [0.1, 0.15) is 13.2 Å². The van der Waals surface area contributed by atoms with E-state index in [2.05, 4.69) is 130 Å². The lowest BCUT2D eigenvalue weighted by Crippen LogP contribution is -2.30. The number of hydrogen-bond acceptors (Lipinski definition) is 6. The minimum absolute atomic E-state index is 0.0965. The van der Waals surface area contributed by atoms with Gasteiger partial charge in [-0.25, -0.2) is 0 Å². The Morgan fingerprint density at radius 2 is 0.591 bits per heavy atom. The van der Waals surface area contributed by atoms with Crippen LogP contribution in [0.2, 0.25) is 0 Å². The Labute approximate surface area is 406 Å². The zero-order chi connectivity index (χ0) is 47.9. The molecule has 0 aliphatic rings. The van der Waals surface area contributed by atoms with E-state index in [4.69, 9.17) is 14.2 Å². The lowest BCUT2D eigenvalue weighted by molar-refractivity contribution is -0.167. The van der Waals surface area contributed by atoms with E-state index in [0.29, 0.717) is 19.3 Å². The molecular weight excluding hydrogens is 817 g/mol. The lowest BCUT2D eigenvalue weighted by atomic mass is 10.1.